The molecule has 0 aliphatic heterocycles. The van der Waals surface area contributed by atoms with Crippen LogP contribution in [0, 0.1) is 0 Å². The van der Waals surface area contributed by atoms with Crippen LogP contribution in [0.4, 0.5) is 0 Å². The van der Waals surface area contributed by atoms with Crippen LogP contribution in [-0.4, -0.2) is 12.2 Å². The predicted molar refractivity (Wildman–Crippen MR) is 103 cm³/mol. The molecule has 3 heteroatoms. The second-order valence-electron chi connectivity index (χ2n) is 5.63. The average Bonchev–Trinajstić information content (AvgIpc) is 2.65. The Morgan fingerprint density at radius 3 is 1.25 bits per heavy atom. The third-order valence-electron chi connectivity index (χ3n) is 4.22. The van der Waals surface area contributed by atoms with Crippen molar-refractivity contribution in [1.29, 1.82) is 0 Å². The summed E-state index contributed by atoms with van der Waals surface area (Å²) in [4.78, 5) is 13.5. The van der Waals surface area contributed by atoms with Crippen molar-refractivity contribution >= 4 is 24.0 Å². The first-order valence-corrected chi connectivity index (χ1v) is 10.5. The third kappa shape index (κ3) is 2.90. The zero-order valence-corrected chi connectivity index (χ0v) is 15.0. The van der Waals surface area contributed by atoms with E-state index in [-0.39, 0.29) is 5.52 Å². The van der Waals surface area contributed by atoms with E-state index >= 15 is 0 Å². The fourth-order valence-corrected chi connectivity index (χ4v) is 4.40. The third-order valence-corrected chi connectivity index (χ3v) is 5.58. The normalized spacial score (nSPS) is 12.6. The standard InChI is InChI=1S/C21H18ClOP/c1-24(22)20(23)21(17-11-5-2-6-12-17,18-13-7-3-8-14-18)19-15-9-4-10-16-19/h2-16H,1H3. The first-order valence-electron chi connectivity index (χ1n) is 7.78. The largest absolute Gasteiger partial charge is 0.291 e. The quantitative estimate of drug-likeness (QED) is 0.418. The summed E-state index contributed by atoms with van der Waals surface area (Å²) in [5, 5.41) is 0. The zero-order chi connectivity index (χ0) is 17.0. The zero-order valence-electron chi connectivity index (χ0n) is 13.4. The molecular formula is C21H18ClOP. The maximum absolute atomic E-state index is 13.5. The molecular weight excluding hydrogens is 335 g/mol. The van der Waals surface area contributed by atoms with E-state index in [0.717, 1.165) is 16.7 Å². The molecule has 0 aliphatic carbocycles. The highest BCUT2D eigenvalue weighted by molar-refractivity contribution is 7.96. The van der Waals surface area contributed by atoms with Crippen molar-refractivity contribution in [2.45, 2.75) is 5.41 Å². The number of carbonyl (C=O) groups excluding carboxylic acids is 1. The molecule has 0 radical (unpaired) electrons. The minimum Gasteiger partial charge on any atom is -0.291 e. The molecule has 0 saturated carbocycles. The van der Waals surface area contributed by atoms with E-state index < -0.39 is 12.7 Å². The van der Waals surface area contributed by atoms with Gasteiger partial charge in [0.2, 0.25) is 0 Å². The Hall–Kier alpha value is -1.95. The van der Waals surface area contributed by atoms with Gasteiger partial charge in [-0.05, 0) is 23.4 Å². The summed E-state index contributed by atoms with van der Waals surface area (Å²) in [5.41, 5.74) is 2.00. The number of hydrogen-bond acceptors (Lipinski definition) is 1. The van der Waals surface area contributed by atoms with Crippen LogP contribution in [0.25, 0.3) is 0 Å². The van der Waals surface area contributed by atoms with Gasteiger partial charge in [0.25, 0.3) is 0 Å². The van der Waals surface area contributed by atoms with Crippen LogP contribution < -0.4 is 0 Å². The lowest BCUT2D eigenvalue weighted by atomic mass is 9.70. The molecule has 1 atom stereocenters. The fraction of sp³-hybridized carbons (Fsp3) is 0.0952. The van der Waals surface area contributed by atoms with Crippen molar-refractivity contribution in [3.05, 3.63) is 108 Å². The summed E-state index contributed by atoms with van der Waals surface area (Å²) in [6.07, 6.45) is 0. The van der Waals surface area contributed by atoms with Crippen LogP contribution in [0.5, 0.6) is 0 Å². The Balaban J connectivity index is 2.40. The highest BCUT2D eigenvalue weighted by atomic mass is 35.7. The van der Waals surface area contributed by atoms with Crippen molar-refractivity contribution < 1.29 is 4.79 Å². The Morgan fingerprint density at radius 2 is 1.00 bits per heavy atom. The van der Waals surface area contributed by atoms with Gasteiger partial charge in [-0.3, -0.25) is 4.79 Å². The molecule has 0 fully saturated rings. The molecule has 0 saturated heterocycles. The van der Waals surface area contributed by atoms with Gasteiger partial charge in [0.15, 0.2) is 5.52 Å². The summed E-state index contributed by atoms with van der Waals surface area (Å²) in [5.74, 6) is 0. The average molecular weight is 353 g/mol. The Bertz CT molecular complexity index is 704. The molecule has 3 aromatic carbocycles. The lowest BCUT2D eigenvalue weighted by Crippen LogP contribution is -2.37. The van der Waals surface area contributed by atoms with Gasteiger partial charge in [0, 0.05) is 0 Å². The number of halogens is 1. The molecule has 0 N–H and O–H groups in total. The van der Waals surface area contributed by atoms with E-state index in [4.69, 9.17) is 11.2 Å². The monoisotopic (exact) mass is 352 g/mol. The molecule has 0 bridgehead atoms. The first-order chi connectivity index (χ1) is 11.7. The summed E-state index contributed by atoms with van der Waals surface area (Å²) in [7, 11) is -1.29. The Labute approximate surface area is 148 Å². The number of hydrogen-bond donors (Lipinski definition) is 0. The molecule has 0 heterocycles. The van der Waals surface area contributed by atoms with E-state index in [0.29, 0.717) is 0 Å². The fourth-order valence-electron chi connectivity index (χ4n) is 3.17. The van der Waals surface area contributed by atoms with Crippen LogP contribution in [-0.2, 0) is 10.2 Å². The van der Waals surface area contributed by atoms with Gasteiger partial charge in [0.1, 0.15) is 5.41 Å². The Kier molecular flexibility index (Phi) is 5.14. The first kappa shape index (κ1) is 16.9. The lowest BCUT2D eigenvalue weighted by Gasteiger charge is -2.35. The van der Waals surface area contributed by atoms with Crippen LogP contribution >= 0.6 is 18.5 Å². The minimum atomic E-state index is -1.29. The molecule has 1 unspecified atom stereocenters. The number of rotatable bonds is 5. The van der Waals surface area contributed by atoms with Crippen molar-refractivity contribution in [3.8, 4) is 0 Å². The van der Waals surface area contributed by atoms with Gasteiger partial charge < -0.3 is 0 Å². The number of benzene rings is 3. The molecule has 3 rings (SSSR count). The molecule has 0 amide bonds. The van der Waals surface area contributed by atoms with E-state index in [9.17, 15) is 4.79 Å². The second kappa shape index (κ2) is 7.30. The minimum absolute atomic E-state index is 0.0442. The highest BCUT2D eigenvalue weighted by Gasteiger charge is 2.45. The van der Waals surface area contributed by atoms with Gasteiger partial charge in [-0.2, -0.15) is 0 Å². The van der Waals surface area contributed by atoms with E-state index in [1.165, 1.54) is 0 Å². The number of carbonyl (C=O) groups is 1. The topological polar surface area (TPSA) is 17.1 Å². The van der Waals surface area contributed by atoms with Crippen LogP contribution in [0.15, 0.2) is 91.0 Å². The maximum atomic E-state index is 13.5. The smallest absolute Gasteiger partial charge is 0.188 e. The van der Waals surface area contributed by atoms with Gasteiger partial charge in [-0.15, -0.1) is 0 Å². The summed E-state index contributed by atoms with van der Waals surface area (Å²) in [6, 6.07) is 29.7. The lowest BCUT2D eigenvalue weighted by molar-refractivity contribution is -0.114. The van der Waals surface area contributed by atoms with E-state index in [1.54, 1.807) is 0 Å². The van der Waals surface area contributed by atoms with E-state index in [2.05, 4.69) is 0 Å². The predicted octanol–water partition coefficient (Wildman–Crippen LogP) is 5.81. The van der Waals surface area contributed by atoms with Crippen molar-refractivity contribution in [1.82, 2.24) is 0 Å². The van der Waals surface area contributed by atoms with E-state index in [1.807, 2.05) is 97.7 Å². The van der Waals surface area contributed by atoms with Crippen LogP contribution in [0.3, 0.4) is 0 Å². The summed E-state index contributed by atoms with van der Waals surface area (Å²) >= 11 is 6.38. The SMILES string of the molecule is CP(Cl)C(=O)C(c1ccccc1)(c1ccccc1)c1ccccc1. The van der Waals surface area contributed by atoms with Crippen molar-refractivity contribution in [3.63, 3.8) is 0 Å². The molecule has 0 aliphatic rings. The van der Waals surface area contributed by atoms with Crippen LogP contribution in [0.1, 0.15) is 16.7 Å². The molecule has 24 heavy (non-hydrogen) atoms. The van der Waals surface area contributed by atoms with Crippen molar-refractivity contribution in [2.24, 2.45) is 0 Å². The molecule has 1 nitrogen and oxygen atoms in total. The second-order valence-corrected chi connectivity index (χ2v) is 8.51. The van der Waals surface area contributed by atoms with Gasteiger partial charge in [-0.25, -0.2) is 0 Å². The van der Waals surface area contributed by atoms with Gasteiger partial charge in [0.05, 0.1) is 7.27 Å². The molecule has 0 aromatic heterocycles. The highest BCUT2D eigenvalue weighted by Crippen LogP contribution is 2.51. The summed E-state index contributed by atoms with van der Waals surface area (Å²) in [6.45, 7) is 1.81. The molecule has 120 valence electrons. The van der Waals surface area contributed by atoms with Crippen LogP contribution in [0.2, 0.25) is 0 Å². The Morgan fingerprint density at radius 1 is 0.708 bits per heavy atom. The molecule has 0 spiro atoms. The van der Waals surface area contributed by atoms with Gasteiger partial charge >= 0.3 is 0 Å². The van der Waals surface area contributed by atoms with Gasteiger partial charge in [-0.1, -0.05) is 102 Å². The maximum Gasteiger partial charge on any atom is 0.188 e. The van der Waals surface area contributed by atoms with Crippen molar-refractivity contribution in [2.75, 3.05) is 6.66 Å². The summed E-state index contributed by atoms with van der Waals surface area (Å²) < 4.78 is 0. The molecule has 3 aromatic rings.